The zero-order valence-electron chi connectivity index (χ0n) is 8.71. The molecule has 1 atom stereocenters. The fourth-order valence-electron chi connectivity index (χ4n) is 1.92. The van der Waals surface area contributed by atoms with E-state index in [2.05, 4.69) is 4.74 Å². The summed E-state index contributed by atoms with van der Waals surface area (Å²) in [5.74, 6) is -5.88. The van der Waals surface area contributed by atoms with E-state index in [4.69, 9.17) is 0 Å². The van der Waals surface area contributed by atoms with Crippen molar-refractivity contribution in [1.29, 1.82) is 0 Å². The highest BCUT2D eigenvalue weighted by Gasteiger charge is 2.51. The molecule has 15 heavy (non-hydrogen) atoms. The number of aliphatic hydroxyl groups is 1. The fraction of sp³-hybridized carbons (Fsp3) is 0.900. The van der Waals surface area contributed by atoms with Crippen LogP contribution in [0.25, 0.3) is 0 Å². The molecule has 1 N–H and O–H groups in total. The monoisotopic (exact) mass is 222 g/mol. The maximum atomic E-state index is 13.3. The second kappa shape index (κ2) is 4.88. The lowest BCUT2D eigenvalue weighted by molar-refractivity contribution is -0.193. The smallest absolute Gasteiger partial charge is 0.379 e. The molecule has 0 heterocycles. The van der Waals surface area contributed by atoms with Crippen LogP contribution in [0.3, 0.4) is 0 Å². The average Bonchev–Trinajstić information content (AvgIpc) is 2.69. The normalized spacial score (nSPS) is 20.3. The highest BCUT2D eigenvalue weighted by Crippen LogP contribution is 2.35. The molecule has 0 amide bonds. The van der Waals surface area contributed by atoms with Crippen LogP contribution in [-0.2, 0) is 9.53 Å². The molecule has 3 nitrogen and oxygen atoms in total. The molecular weight excluding hydrogens is 206 g/mol. The minimum atomic E-state index is -3.77. The Morgan fingerprint density at radius 1 is 1.53 bits per heavy atom. The second-order valence-electron chi connectivity index (χ2n) is 3.83. The number of alkyl halides is 2. The van der Waals surface area contributed by atoms with Gasteiger partial charge in [0.25, 0.3) is 0 Å². The van der Waals surface area contributed by atoms with E-state index >= 15 is 0 Å². The van der Waals surface area contributed by atoms with Gasteiger partial charge in [0.1, 0.15) is 6.10 Å². The highest BCUT2D eigenvalue weighted by molar-refractivity contribution is 5.78. The maximum absolute atomic E-state index is 13.3. The molecule has 1 fully saturated rings. The van der Waals surface area contributed by atoms with Crippen molar-refractivity contribution in [3.63, 3.8) is 0 Å². The third-order valence-electron chi connectivity index (χ3n) is 2.77. The minimum Gasteiger partial charge on any atom is -0.461 e. The largest absolute Gasteiger partial charge is 0.461 e. The van der Waals surface area contributed by atoms with Crippen LogP contribution in [0.4, 0.5) is 8.78 Å². The first-order valence-corrected chi connectivity index (χ1v) is 5.23. The van der Waals surface area contributed by atoms with Gasteiger partial charge in [-0.3, -0.25) is 0 Å². The van der Waals surface area contributed by atoms with Crippen molar-refractivity contribution in [3.05, 3.63) is 0 Å². The van der Waals surface area contributed by atoms with E-state index < -0.39 is 23.9 Å². The Hall–Kier alpha value is -0.710. The first-order valence-electron chi connectivity index (χ1n) is 5.23. The molecule has 0 aromatic heterocycles. The molecular formula is C10H16F2O3. The van der Waals surface area contributed by atoms with Crippen LogP contribution >= 0.6 is 0 Å². The summed E-state index contributed by atoms with van der Waals surface area (Å²) in [5.41, 5.74) is 0. The summed E-state index contributed by atoms with van der Waals surface area (Å²) in [6, 6.07) is 0. The summed E-state index contributed by atoms with van der Waals surface area (Å²) in [5, 5.41) is 9.42. The lowest BCUT2D eigenvalue weighted by Gasteiger charge is -2.25. The molecule has 0 saturated heterocycles. The van der Waals surface area contributed by atoms with Crippen LogP contribution < -0.4 is 0 Å². The Kier molecular flexibility index (Phi) is 4.02. The molecule has 0 aromatic rings. The molecule has 0 bridgehead atoms. The molecule has 1 unspecified atom stereocenters. The number of hydrogen-bond donors (Lipinski definition) is 1. The molecule has 0 spiro atoms. The lowest BCUT2D eigenvalue weighted by Crippen LogP contribution is -2.46. The van der Waals surface area contributed by atoms with Gasteiger partial charge >= 0.3 is 11.9 Å². The molecule has 1 saturated carbocycles. The van der Waals surface area contributed by atoms with Crippen LogP contribution in [0.2, 0.25) is 0 Å². The van der Waals surface area contributed by atoms with Crippen molar-refractivity contribution < 1.29 is 23.4 Å². The Labute approximate surface area is 87.4 Å². The summed E-state index contributed by atoms with van der Waals surface area (Å²) in [6.07, 6.45) is 0.868. The Bertz CT molecular complexity index is 225. The number of hydrogen-bond acceptors (Lipinski definition) is 3. The van der Waals surface area contributed by atoms with Crippen molar-refractivity contribution in [2.45, 2.75) is 44.6 Å². The van der Waals surface area contributed by atoms with Crippen LogP contribution in [-0.4, -0.2) is 29.7 Å². The Morgan fingerprint density at radius 3 is 2.53 bits per heavy atom. The third kappa shape index (κ3) is 2.65. The van der Waals surface area contributed by atoms with Gasteiger partial charge in [0.2, 0.25) is 0 Å². The predicted octanol–water partition coefficient (Wildman–Crippen LogP) is 1.74. The molecule has 0 radical (unpaired) electrons. The highest BCUT2D eigenvalue weighted by atomic mass is 19.3. The number of rotatable bonds is 4. The summed E-state index contributed by atoms with van der Waals surface area (Å²) in [7, 11) is 0. The number of aliphatic hydroxyl groups excluding tert-OH is 1. The van der Waals surface area contributed by atoms with E-state index in [0.717, 1.165) is 12.8 Å². The summed E-state index contributed by atoms with van der Waals surface area (Å²) in [4.78, 5) is 10.9. The molecule has 1 rings (SSSR count). The Morgan fingerprint density at radius 2 is 2.07 bits per heavy atom. The Balaban J connectivity index is 2.62. The van der Waals surface area contributed by atoms with Crippen molar-refractivity contribution in [3.8, 4) is 0 Å². The molecule has 0 aromatic carbocycles. The van der Waals surface area contributed by atoms with E-state index in [0.29, 0.717) is 12.8 Å². The van der Waals surface area contributed by atoms with E-state index in [-0.39, 0.29) is 6.61 Å². The van der Waals surface area contributed by atoms with Crippen molar-refractivity contribution in [2.75, 3.05) is 6.61 Å². The number of carbonyl (C=O) groups excluding carboxylic acids is 1. The molecule has 0 aliphatic heterocycles. The van der Waals surface area contributed by atoms with E-state index in [9.17, 15) is 18.7 Å². The van der Waals surface area contributed by atoms with E-state index in [1.807, 2.05) is 0 Å². The first-order chi connectivity index (χ1) is 7.00. The number of esters is 1. The molecule has 1 aliphatic carbocycles. The van der Waals surface area contributed by atoms with Crippen molar-refractivity contribution in [2.24, 2.45) is 5.92 Å². The zero-order chi connectivity index (χ0) is 11.5. The van der Waals surface area contributed by atoms with Gasteiger partial charge in [0, 0.05) is 0 Å². The maximum Gasteiger partial charge on any atom is 0.379 e. The SMILES string of the molecule is CCOC(=O)C(F)(F)C(O)C1CCCC1. The van der Waals surface area contributed by atoms with Crippen molar-refractivity contribution in [1.82, 2.24) is 0 Å². The standard InChI is InChI=1S/C10H16F2O3/c1-2-15-9(14)10(11,12)8(13)7-5-3-4-6-7/h7-8,13H,2-6H2,1H3. The molecule has 88 valence electrons. The van der Waals surface area contributed by atoms with Gasteiger partial charge in [-0.15, -0.1) is 0 Å². The summed E-state index contributed by atoms with van der Waals surface area (Å²) < 4.78 is 30.9. The predicted molar refractivity (Wildman–Crippen MR) is 49.5 cm³/mol. The average molecular weight is 222 g/mol. The van der Waals surface area contributed by atoms with Gasteiger partial charge in [-0.25, -0.2) is 4.79 Å². The van der Waals surface area contributed by atoms with E-state index in [1.165, 1.54) is 6.92 Å². The van der Waals surface area contributed by atoms with Gasteiger partial charge in [-0.05, 0) is 25.7 Å². The number of carbonyl (C=O) groups is 1. The number of ether oxygens (including phenoxy) is 1. The fourth-order valence-corrected chi connectivity index (χ4v) is 1.92. The van der Waals surface area contributed by atoms with E-state index in [1.54, 1.807) is 0 Å². The second-order valence-corrected chi connectivity index (χ2v) is 3.83. The topological polar surface area (TPSA) is 46.5 Å². The van der Waals surface area contributed by atoms with Gasteiger partial charge in [-0.2, -0.15) is 8.78 Å². The van der Waals surface area contributed by atoms with Gasteiger partial charge < -0.3 is 9.84 Å². The minimum absolute atomic E-state index is 0.105. The van der Waals surface area contributed by atoms with Crippen LogP contribution in [0.5, 0.6) is 0 Å². The van der Waals surface area contributed by atoms with Crippen LogP contribution in [0, 0.1) is 5.92 Å². The van der Waals surface area contributed by atoms with Crippen molar-refractivity contribution >= 4 is 5.97 Å². The third-order valence-corrected chi connectivity index (χ3v) is 2.77. The molecule has 5 heteroatoms. The summed E-state index contributed by atoms with van der Waals surface area (Å²) >= 11 is 0. The van der Waals surface area contributed by atoms with Gasteiger partial charge in [0.05, 0.1) is 6.61 Å². The van der Waals surface area contributed by atoms with Crippen LogP contribution in [0.15, 0.2) is 0 Å². The van der Waals surface area contributed by atoms with Gasteiger partial charge in [0.15, 0.2) is 0 Å². The summed E-state index contributed by atoms with van der Waals surface area (Å²) in [6.45, 7) is 1.35. The van der Waals surface area contributed by atoms with Gasteiger partial charge in [-0.1, -0.05) is 12.8 Å². The van der Waals surface area contributed by atoms with Crippen LogP contribution in [0.1, 0.15) is 32.6 Å². The quantitative estimate of drug-likeness (QED) is 0.737. The lowest BCUT2D eigenvalue weighted by atomic mass is 9.95. The number of halogens is 2. The first kappa shape index (κ1) is 12.4. The zero-order valence-corrected chi connectivity index (χ0v) is 8.71. The molecule has 1 aliphatic rings.